The molecule has 2 N–H and O–H groups in total. The van der Waals surface area contributed by atoms with Crippen LogP contribution in [0, 0.1) is 0 Å². The summed E-state index contributed by atoms with van der Waals surface area (Å²) in [6.45, 7) is 0. The predicted octanol–water partition coefficient (Wildman–Crippen LogP) is 4.90. The van der Waals surface area contributed by atoms with Crippen molar-refractivity contribution < 1.29 is 26.4 Å². The number of halogens is 4. The fraction of sp³-hybridized carbons (Fsp3) is 0.0500. The van der Waals surface area contributed by atoms with E-state index in [2.05, 4.69) is 0 Å². The monoisotopic (exact) mass is 439 g/mol. The Bertz CT molecular complexity index is 1190. The first-order valence-corrected chi connectivity index (χ1v) is 10.1. The van der Waals surface area contributed by atoms with Crippen LogP contribution in [-0.4, -0.2) is 14.2 Å². The van der Waals surface area contributed by atoms with Gasteiger partial charge in [0.05, 0.1) is 10.6 Å². The Hall–Kier alpha value is -2.68. The zero-order valence-corrected chi connectivity index (χ0v) is 16.1. The summed E-state index contributed by atoms with van der Waals surface area (Å²) in [7, 11) is -4.28. The van der Waals surface area contributed by atoms with Crippen LogP contribution in [0.1, 0.15) is 21.5 Å². The number of nitrogens with two attached hydrogens (primary N) is 1. The van der Waals surface area contributed by atoms with Crippen molar-refractivity contribution in [1.82, 2.24) is 0 Å². The Balaban J connectivity index is 2.29. The highest BCUT2D eigenvalue weighted by Crippen LogP contribution is 2.38. The number of hydrogen-bond donors (Lipinski definition) is 1. The maximum Gasteiger partial charge on any atom is 0.417 e. The van der Waals surface area contributed by atoms with Crippen LogP contribution in [0.5, 0.6) is 0 Å². The summed E-state index contributed by atoms with van der Waals surface area (Å²) in [6.07, 6.45) is -4.80. The van der Waals surface area contributed by atoms with Crippen molar-refractivity contribution in [3.8, 4) is 11.1 Å². The average molecular weight is 440 g/mol. The first kappa shape index (κ1) is 21.0. The smallest absolute Gasteiger partial charge is 0.289 e. The topological polar surface area (TPSA) is 77.2 Å². The average Bonchev–Trinajstić information content (AvgIpc) is 2.66. The van der Waals surface area contributed by atoms with E-state index in [4.69, 9.17) is 16.7 Å². The maximum atomic E-state index is 13.7. The Labute approximate surface area is 169 Å². The van der Waals surface area contributed by atoms with Crippen molar-refractivity contribution in [2.75, 3.05) is 0 Å². The molecule has 0 heterocycles. The van der Waals surface area contributed by atoms with Crippen LogP contribution >= 0.6 is 11.6 Å². The molecule has 0 aliphatic carbocycles. The summed E-state index contributed by atoms with van der Waals surface area (Å²) >= 11 is 5.81. The molecule has 3 rings (SSSR count). The molecule has 3 aromatic rings. The number of carbonyl (C=O) groups is 1. The number of sulfonamides is 1. The third kappa shape index (κ3) is 4.34. The summed E-state index contributed by atoms with van der Waals surface area (Å²) in [5.41, 5.74) is -1.53. The molecule has 0 atom stereocenters. The summed E-state index contributed by atoms with van der Waals surface area (Å²) in [4.78, 5) is 12.6. The van der Waals surface area contributed by atoms with Gasteiger partial charge in [-0.05, 0) is 35.4 Å². The normalized spacial score (nSPS) is 12.0. The fourth-order valence-corrected chi connectivity index (χ4v) is 3.97. The highest BCUT2D eigenvalue weighted by Gasteiger charge is 2.37. The zero-order chi connectivity index (χ0) is 21.4. The molecule has 0 saturated carbocycles. The van der Waals surface area contributed by atoms with Crippen LogP contribution in [0.4, 0.5) is 13.2 Å². The molecular formula is C20H13ClF3NO3S. The van der Waals surface area contributed by atoms with Gasteiger partial charge in [-0.2, -0.15) is 13.2 Å². The van der Waals surface area contributed by atoms with E-state index in [1.54, 1.807) is 30.3 Å². The summed E-state index contributed by atoms with van der Waals surface area (Å²) in [5, 5.41) is 4.84. The number of carbonyl (C=O) groups excluding carboxylic acids is 1. The van der Waals surface area contributed by atoms with E-state index in [0.717, 1.165) is 24.3 Å². The first-order valence-electron chi connectivity index (χ1n) is 8.13. The van der Waals surface area contributed by atoms with Gasteiger partial charge in [-0.3, -0.25) is 4.79 Å². The molecule has 0 bridgehead atoms. The fourth-order valence-electron chi connectivity index (χ4n) is 2.90. The van der Waals surface area contributed by atoms with Gasteiger partial charge in [0.15, 0.2) is 5.78 Å². The van der Waals surface area contributed by atoms with E-state index < -0.39 is 38.0 Å². The van der Waals surface area contributed by atoms with Crippen molar-refractivity contribution in [3.05, 3.63) is 88.4 Å². The van der Waals surface area contributed by atoms with Crippen molar-refractivity contribution in [2.24, 2.45) is 5.14 Å². The van der Waals surface area contributed by atoms with Gasteiger partial charge in [-0.15, -0.1) is 0 Å². The van der Waals surface area contributed by atoms with Gasteiger partial charge in [0.1, 0.15) is 4.90 Å². The predicted molar refractivity (Wildman–Crippen MR) is 103 cm³/mol. The minimum absolute atomic E-state index is 0.0672. The number of primary sulfonamides is 1. The van der Waals surface area contributed by atoms with Gasteiger partial charge in [0, 0.05) is 11.1 Å². The molecule has 0 radical (unpaired) electrons. The largest absolute Gasteiger partial charge is 0.417 e. The van der Waals surface area contributed by atoms with Gasteiger partial charge < -0.3 is 0 Å². The molecule has 150 valence electrons. The number of hydrogen-bond acceptors (Lipinski definition) is 3. The van der Waals surface area contributed by atoms with Crippen molar-refractivity contribution in [1.29, 1.82) is 0 Å². The number of rotatable bonds is 4. The maximum absolute atomic E-state index is 13.7. The van der Waals surface area contributed by atoms with Crippen molar-refractivity contribution in [2.45, 2.75) is 11.1 Å². The van der Waals surface area contributed by atoms with Gasteiger partial charge in [-0.1, -0.05) is 54.1 Å². The summed E-state index contributed by atoms with van der Waals surface area (Å²) in [5.74, 6) is -1.00. The Kier molecular flexibility index (Phi) is 5.53. The summed E-state index contributed by atoms with van der Waals surface area (Å²) < 4.78 is 64.4. The Morgan fingerprint density at radius 3 is 2.17 bits per heavy atom. The lowest BCUT2D eigenvalue weighted by Crippen LogP contribution is -2.17. The Morgan fingerprint density at radius 1 is 0.931 bits per heavy atom. The third-order valence-corrected chi connectivity index (χ3v) is 5.57. The molecule has 29 heavy (non-hydrogen) atoms. The molecule has 0 saturated heterocycles. The van der Waals surface area contributed by atoms with E-state index in [1.807, 2.05) is 0 Å². The number of alkyl halides is 3. The number of ketones is 1. The second-order valence-corrected chi connectivity index (χ2v) is 8.05. The van der Waals surface area contributed by atoms with Crippen molar-refractivity contribution >= 4 is 27.4 Å². The van der Waals surface area contributed by atoms with Gasteiger partial charge >= 0.3 is 6.18 Å². The molecule has 4 nitrogen and oxygen atoms in total. The minimum Gasteiger partial charge on any atom is -0.289 e. The van der Waals surface area contributed by atoms with Crippen LogP contribution in [-0.2, 0) is 16.2 Å². The lowest BCUT2D eigenvalue weighted by molar-refractivity contribution is -0.137. The molecule has 0 aliphatic heterocycles. The van der Waals surface area contributed by atoms with E-state index in [1.165, 1.54) is 12.1 Å². The quantitative estimate of drug-likeness (QED) is 0.587. The second-order valence-electron chi connectivity index (χ2n) is 6.11. The standard InChI is InChI=1S/C20H13ClF3NO3S/c21-16-10-9-13(11-17(16)29(25,27)28)19(26)18-14(12-5-2-1-3-6-12)7-4-8-15(18)20(22,23)24/h1-11H,(H2,25,27,28). The lowest BCUT2D eigenvalue weighted by atomic mass is 9.90. The SMILES string of the molecule is NS(=O)(=O)c1cc(C(=O)c2c(-c3ccccc3)cccc2C(F)(F)F)ccc1Cl. The van der Waals surface area contributed by atoms with Crippen molar-refractivity contribution in [3.63, 3.8) is 0 Å². The van der Waals surface area contributed by atoms with Gasteiger partial charge in [-0.25, -0.2) is 13.6 Å². The van der Waals surface area contributed by atoms with Crippen LogP contribution in [0.15, 0.2) is 71.6 Å². The van der Waals surface area contributed by atoms with E-state index in [0.29, 0.717) is 5.56 Å². The molecule has 3 aromatic carbocycles. The second kappa shape index (κ2) is 7.62. The Morgan fingerprint density at radius 2 is 1.59 bits per heavy atom. The van der Waals surface area contributed by atoms with E-state index in [-0.39, 0.29) is 16.1 Å². The molecule has 9 heteroatoms. The van der Waals surface area contributed by atoms with Crippen LogP contribution in [0.3, 0.4) is 0 Å². The van der Waals surface area contributed by atoms with E-state index in [9.17, 15) is 26.4 Å². The summed E-state index contributed by atoms with van der Waals surface area (Å²) in [6, 6.07) is 14.6. The minimum atomic E-state index is -4.80. The molecule has 0 amide bonds. The van der Waals surface area contributed by atoms with Gasteiger partial charge in [0.25, 0.3) is 0 Å². The van der Waals surface area contributed by atoms with E-state index >= 15 is 0 Å². The van der Waals surface area contributed by atoms with Crippen LogP contribution in [0.2, 0.25) is 5.02 Å². The molecule has 0 aromatic heterocycles. The van der Waals surface area contributed by atoms with Gasteiger partial charge in [0.2, 0.25) is 10.0 Å². The molecule has 0 fully saturated rings. The molecule has 0 aliphatic rings. The molecular weight excluding hydrogens is 427 g/mol. The highest BCUT2D eigenvalue weighted by atomic mass is 35.5. The van der Waals surface area contributed by atoms with Crippen LogP contribution in [0.25, 0.3) is 11.1 Å². The third-order valence-electron chi connectivity index (χ3n) is 4.18. The zero-order valence-electron chi connectivity index (χ0n) is 14.6. The van der Waals surface area contributed by atoms with Crippen LogP contribution < -0.4 is 5.14 Å². The lowest BCUT2D eigenvalue weighted by Gasteiger charge is -2.17. The first-order chi connectivity index (χ1) is 13.5. The number of benzene rings is 3. The molecule has 0 unspecified atom stereocenters. The highest BCUT2D eigenvalue weighted by molar-refractivity contribution is 7.89. The molecule has 0 spiro atoms.